The lowest BCUT2D eigenvalue weighted by molar-refractivity contribution is -0.121. The summed E-state index contributed by atoms with van der Waals surface area (Å²) in [7, 11) is 0. The van der Waals surface area contributed by atoms with Crippen LogP contribution < -0.4 is 10.6 Å². The van der Waals surface area contributed by atoms with Crippen LogP contribution in [0, 0.1) is 0 Å². The molecule has 2 aromatic rings. The van der Waals surface area contributed by atoms with E-state index in [1.807, 2.05) is 31.2 Å². The highest BCUT2D eigenvalue weighted by atomic mass is 35.5. The van der Waals surface area contributed by atoms with Gasteiger partial charge in [0.15, 0.2) is 0 Å². The van der Waals surface area contributed by atoms with E-state index in [2.05, 4.69) is 15.6 Å². The van der Waals surface area contributed by atoms with Crippen LogP contribution in [0.3, 0.4) is 0 Å². The van der Waals surface area contributed by atoms with E-state index in [1.165, 1.54) is 0 Å². The third-order valence-electron chi connectivity index (χ3n) is 3.92. The summed E-state index contributed by atoms with van der Waals surface area (Å²) in [5, 5.41) is 8.24. The number of rotatable bonds is 10. The maximum atomic E-state index is 11.3. The molecule has 0 atom stereocenters. The number of fused-ring (bicyclic) bond motifs is 1. The van der Waals surface area contributed by atoms with Crippen molar-refractivity contribution >= 4 is 34.1 Å². The van der Waals surface area contributed by atoms with Gasteiger partial charge in [-0.05, 0) is 43.5 Å². The van der Waals surface area contributed by atoms with Gasteiger partial charge in [-0.15, -0.1) is 0 Å². The zero-order chi connectivity index (χ0) is 17.2. The Morgan fingerprint density at radius 3 is 2.71 bits per heavy atom. The predicted molar refractivity (Wildman–Crippen MR) is 102 cm³/mol. The minimum absolute atomic E-state index is 0.170. The van der Waals surface area contributed by atoms with Crippen molar-refractivity contribution in [2.45, 2.75) is 45.4 Å². The zero-order valence-electron chi connectivity index (χ0n) is 14.3. The third kappa shape index (κ3) is 6.00. The summed E-state index contributed by atoms with van der Waals surface area (Å²) >= 11 is 6.01. The molecule has 0 saturated heterocycles. The van der Waals surface area contributed by atoms with Crippen molar-refractivity contribution in [3.63, 3.8) is 0 Å². The Kier molecular flexibility index (Phi) is 7.83. The van der Waals surface area contributed by atoms with Gasteiger partial charge in [-0.3, -0.25) is 9.78 Å². The molecule has 0 aliphatic carbocycles. The van der Waals surface area contributed by atoms with E-state index in [0.717, 1.165) is 61.8 Å². The molecule has 1 heterocycles. The lowest BCUT2D eigenvalue weighted by atomic mass is 10.1. The molecular formula is C19H26ClN3O. The predicted octanol–water partition coefficient (Wildman–Crippen LogP) is 4.78. The molecule has 2 N–H and O–H groups in total. The maximum Gasteiger partial charge on any atom is 0.219 e. The van der Waals surface area contributed by atoms with Crippen LogP contribution in [0.1, 0.15) is 45.4 Å². The Labute approximate surface area is 149 Å². The lowest BCUT2D eigenvalue weighted by Crippen LogP contribution is -2.23. The smallest absolute Gasteiger partial charge is 0.219 e. The minimum Gasteiger partial charge on any atom is -0.384 e. The highest BCUT2D eigenvalue weighted by Crippen LogP contribution is 2.24. The van der Waals surface area contributed by atoms with Gasteiger partial charge >= 0.3 is 0 Å². The average molecular weight is 348 g/mol. The summed E-state index contributed by atoms with van der Waals surface area (Å²) in [6.07, 6.45) is 7.81. The molecule has 24 heavy (non-hydrogen) atoms. The molecule has 0 spiro atoms. The topological polar surface area (TPSA) is 54.0 Å². The molecule has 0 aliphatic heterocycles. The number of nitrogens with zero attached hydrogens (tertiary/aromatic N) is 1. The second-order valence-corrected chi connectivity index (χ2v) is 6.40. The van der Waals surface area contributed by atoms with Gasteiger partial charge in [0.05, 0.1) is 5.52 Å². The highest BCUT2D eigenvalue weighted by molar-refractivity contribution is 6.31. The van der Waals surface area contributed by atoms with Crippen molar-refractivity contribution in [1.82, 2.24) is 10.3 Å². The van der Waals surface area contributed by atoms with Gasteiger partial charge in [-0.1, -0.05) is 31.4 Å². The van der Waals surface area contributed by atoms with Crippen molar-refractivity contribution in [2.75, 3.05) is 18.4 Å². The van der Waals surface area contributed by atoms with E-state index in [4.69, 9.17) is 11.6 Å². The summed E-state index contributed by atoms with van der Waals surface area (Å²) in [5.41, 5.74) is 2.01. The fraction of sp³-hybridized carbons (Fsp3) is 0.474. The summed E-state index contributed by atoms with van der Waals surface area (Å²) < 4.78 is 0. The van der Waals surface area contributed by atoms with Crippen LogP contribution in [0.2, 0.25) is 5.02 Å². The standard InChI is InChI=1S/C19H26ClN3O/c1-2-7-19(24)23-12-6-4-3-5-11-21-17-10-13-22-18-14-15(20)8-9-16(17)18/h8-10,13-14H,2-7,11-12H2,1H3,(H,21,22)(H,23,24). The number of hydrogen-bond donors (Lipinski definition) is 2. The Hall–Kier alpha value is -1.81. The van der Waals surface area contributed by atoms with Crippen molar-refractivity contribution in [1.29, 1.82) is 0 Å². The number of anilines is 1. The molecular weight excluding hydrogens is 322 g/mol. The molecule has 0 bridgehead atoms. The number of nitrogens with one attached hydrogen (secondary N) is 2. The first kappa shape index (κ1) is 18.5. The quantitative estimate of drug-likeness (QED) is 0.608. The van der Waals surface area contributed by atoms with E-state index in [0.29, 0.717) is 11.4 Å². The number of pyridine rings is 1. The minimum atomic E-state index is 0.170. The van der Waals surface area contributed by atoms with E-state index >= 15 is 0 Å². The van der Waals surface area contributed by atoms with E-state index in [-0.39, 0.29) is 5.91 Å². The van der Waals surface area contributed by atoms with Gasteiger partial charge in [0.2, 0.25) is 5.91 Å². The number of carbonyl (C=O) groups is 1. The van der Waals surface area contributed by atoms with E-state index in [1.54, 1.807) is 6.20 Å². The maximum absolute atomic E-state index is 11.3. The first-order valence-corrected chi connectivity index (χ1v) is 9.13. The largest absolute Gasteiger partial charge is 0.384 e. The molecule has 130 valence electrons. The van der Waals surface area contributed by atoms with Gasteiger partial charge in [0.1, 0.15) is 0 Å². The molecule has 0 saturated carbocycles. The summed E-state index contributed by atoms with van der Waals surface area (Å²) in [5.74, 6) is 0.170. The zero-order valence-corrected chi connectivity index (χ0v) is 15.0. The molecule has 1 aromatic carbocycles. The number of amides is 1. The molecule has 5 heteroatoms. The van der Waals surface area contributed by atoms with E-state index in [9.17, 15) is 4.79 Å². The number of benzene rings is 1. The van der Waals surface area contributed by atoms with Gasteiger partial charge < -0.3 is 10.6 Å². The van der Waals surface area contributed by atoms with Gasteiger partial charge in [-0.25, -0.2) is 0 Å². The summed E-state index contributed by atoms with van der Waals surface area (Å²) in [4.78, 5) is 15.7. The second-order valence-electron chi connectivity index (χ2n) is 5.96. The van der Waals surface area contributed by atoms with Crippen LogP contribution in [0.15, 0.2) is 30.5 Å². The molecule has 0 aliphatic rings. The van der Waals surface area contributed by atoms with Gasteiger partial charge in [0, 0.05) is 41.8 Å². The Morgan fingerprint density at radius 1 is 1.12 bits per heavy atom. The summed E-state index contributed by atoms with van der Waals surface area (Å²) in [6.45, 7) is 3.75. The Bertz CT molecular complexity index is 660. The summed E-state index contributed by atoms with van der Waals surface area (Å²) in [6, 6.07) is 7.78. The van der Waals surface area contributed by atoms with Crippen molar-refractivity contribution in [3.05, 3.63) is 35.5 Å². The van der Waals surface area contributed by atoms with Crippen LogP contribution in [0.5, 0.6) is 0 Å². The SMILES string of the molecule is CCCC(=O)NCCCCCCNc1ccnc2cc(Cl)ccc12. The number of halogens is 1. The van der Waals surface area contributed by atoms with Crippen LogP contribution in [0.25, 0.3) is 10.9 Å². The van der Waals surface area contributed by atoms with Crippen LogP contribution in [0.4, 0.5) is 5.69 Å². The number of aromatic nitrogens is 1. The van der Waals surface area contributed by atoms with Crippen molar-refractivity contribution in [3.8, 4) is 0 Å². The molecule has 0 radical (unpaired) electrons. The second kappa shape index (κ2) is 10.1. The lowest BCUT2D eigenvalue weighted by Gasteiger charge is -2.09. The first-order chi connectivity index (χ1) is 11.7. The third-order valence-corrected chi connectivity index (χ3v) is 4.16. The number of unbranched alkanes of at least 4 members (excludes halogenated alkanes) is 3. The van der Waals surface area contributed by atoms with Crippen molar-refractivity contribution in [2.24, 2.45) is 0 Å². The fourth-order valence-corrected chi connectivity index (χ4v) is 2.81. The first-order valence-electron chi connectivity index (χ1n) is 8.75. The van der Waals surface area contributed by atoms with Crippen LogP contribution >= 0.6 is 11.6 Å². The monoisotopic (exact) mass is 347 g/mol. The molecule has 0 fully saturated rings. The van der Waals surface area contributed by atoms with Gasteiger partial charge in [-0.2, -0.15) is 0 Å². The molecule has 4 nitrogen and oxygen atoms in total. The van der Waals surface area contributed by atoms with E-state index < -0.39 is 0 Å². The Morgan fingerprint density at radius 2 is 1.92 bits per heavy atom. The molecule has 1 amide bonds. The normalized spacial score (nSPS) is 10.8. The average Bonchev–Trinajstić information content (AvgIpc) is 2.57. The molecule has 0 unspecified atom stereocenters. The van der Waals surface area contributed by atoms with Crippen LogP contribution in [-0.4, -0.2) is 24.0 Å². The number of hydrogen-bond acceptors (Lipinski definition) is 3. The molecule has 1 aromatic heterocycles. The van der Waals surface area contributed by atoms with Gasteiger partial charge in [0.25, 0.3) is 0 Å². The fourth-order valence-electron chi connectivity index (χ4n) is 2.65. The number of carbonyl (C=O) groups excluding carboxylic acids is 1. The van der Waals surface area contributed by atoms with Crippen LogP contribution in [-0.2, 0) is 4.79 Å². The molecule has 2 rings (SSSR count). The Balaban J connectivity index is 1.64. The highest BCUT2D eigenvalue weighted by Gasteiger charge is 2.02. The van der Waals surface area contributed by atoms with Crippen molar-refractivity contribution < 1.29 is 4.79 Å².